The van der Waals surface area contributed by atoms with Crippen LogP contribution < -0.4 is 14.8 Å². The molecule has 1 atom stereocenters. The first-order valence-corrected chi connectivity index (χ1v) is 6.17. The average Bonchev–Trinajstić information content (AvgIpc) is 2.85. The smallest absolute Gasteiger partial charge is 0.326 e. The Morgan fingerprint density at radius 2 is 2.10 bits per heavy atom. The molecule has 1 unspecified atom stereocenters. The fourth-order valence-corrected chi connectivity index (χ4v) is 2.00. The van der Waals surface area contributed by atoms with E-state index in [-0.39, 0.29) is 28.9 Å². The largest absolute Gasteiger partial charge is 0.480 e. The van der Waals surface area contributed by atoms with Crippen LogP contribution in [0, 0.1) is 0 Å². The Kier molecular flexibility index (Phi) is 4.46. The van der Waals surface area contributed by atoms with Crippen molar-refractivity contribution in [2.75, 3.05) is 6.79 Å². The van der Waals surface area contributed by atoms with E-state index in [9.17, 15) is 18.4 Å². The lowest BCUT2D eigenvalue weighted by molar-refractivity contribution is -0.140. The zero-order valence-corrected chi connectivity index (χ0v) is 11.2. The number of nitrogens with one attached hydrogen (secondary N) is 1. The van der Waals surface area contributed by atoms with Gasteiger partial charge in [-0.05, 0) is 12.1 Å². The lowest BCUT2D eigenvalue weighted by Crippen LogP contribution is -2.42. The molecular weight excluding hydrogens is 312 g/mol. The molecule has 1 aliphatic rings. The van der Waals surface area contributed by atoms with E-state index in [4.69, 9.17) is 26.2 Å². The molecule has 0 bridgehead atoms. The van der Waals surface area contributed by atoms with E-state index in [1.165, 1.54) is 12.1 Å². The Hall–Kier alpha value is -2.09. The summed E-state index contributed by atoms with van der Waals surface area (Å²) in [6.07, 6.45) is -3.84. The molecular formula is C12H10ClF2NO5. The molecule has 0 radical (unpaired) electrons. The van der Waals surface area contributed by atoms with E-state index in [0.29, 0.717) is 0 Å². The fourth-order valence-electron chi connectivity index (χ4n) is 1.74. The average molecular weight is 322 g/mol. The summed E-state index contributed by atoms with van der Waals surface area (Å²) in [6.45, 7) is -0.0523. The molecule has 0 spiro atoms. The number of alkyl halides is 2. The summed E-state index contributed by atoms with van der Waals surface area (Å²) in [5.74, 6) is -1.89. The van der Waals surface area contributed by atoms with Crippen molar-refractivity contribution in [3.05, 3.63) is 22.7 Å². The van der Waals surface area contributed by atoms with Crippen LogP contribution in [0.1, 0.15) is 16.8 Å². The van der Waals surface area contributed by atoms with E-state index >= 15 is 0 Å². The van der Waals surface area contributed by atoms with Gasteiger partial charge in [0.15, 0.2) is 11.5 Å². The zero-order chi connectivity index (χ0) is 15.6. The van der Waals surface area contributed by atoms with Gasteiger partial charge in [0.05, 0.1) is 5.02 Å². The molecule has 2 N–H and O–H groups in total. The monoisotopic (exact) mass is 321 g/mol. The van der Waals surface area contributed by atoms with Crippen molar-refractivity contribution in [3.63, 3.8) is 0 Å². The van der Waals surface area contributed by atoms with Gasteiger partial charge in [0, 0.05) is 12.0 Å². The van der Waals surface area contributed by atoms with Gasteiger partial charge in [-0.2, -0.15) is 0 Å². The van der Waals surface area contributed by atoms with Crippen molar-refractivity contribution in [1.29, 1.82) is 0 Å². The van der Waals surface area contributed by atoms with Crippen LogP contribution in [-0.2, 0) is 4.79 Å². The van der Waals surface area contributed by atoms with Gasteiger partial charge in [-0.1, -0.05) is 11.6 Å². The number of fused-ring (bicyclic) bond motifs is 1. The van der Waals surface area contributed by atoms with Crippen LogP contribution in [0.15, 0.2) is 12.1 Å². The quantitative estimate of drug-likeness (QED) is 0.865. The fraction of sp³-hybridized carbons (Fsp3) is 0.333. The summed E-state index contributed by atoms with van der Waals surface area (Å²) in [6, 6.07) is 0.845. The minimum Gasteiger partial charge on any atom is -0.480 e. The molecule has 0 fully saturated rings. The number of benzene rings is 1. The molecule has 1 amide bonds. The number of ether oxygens (including phenoxy) is 2. The van der Waals surface area contributed by atoms with Crippen molar-refractivity contribution in [2.24, 2.45) is 0 Å². The molecule has 0 aromatic heterocycles. The van der Waals surface area contributed by atoms with Crippen LogP contribution in [0.5, 0.6) is 11.5 Å². The Bertz CT molecular complexity index is 581. The van der Waals surface area contributed by atoms with Gasteiger partial charge in [0.25, 0.3) is 5.91 Å². The second-order valence-corrected chi connectivity index (χ2v) is 4.59. The predicted molar refractivity (Wildman–Crippen MR) is 67.1 cm³/mol. The number of carboxylic acid groups (broad SMARTS) is 1. The van der Waals surface area contributed by atoms with E-state index in [0.717, 1.165) is 0 Å². The SMILES string of the molecule is O=C(NC(CC(F)F)C(=O)O)c1cc(Cl)c2c(c1)OCO2. The molecule has 21 heavy (non-hydrogen) atoms. The minimum atomic E-state index is -2.85. The second-order valence-electron chi connectivity index (χ2n) is 4.18. The molecule has 2 rings (SSSR count). The van der Waals surface area contributed by atoms with E-state index in [1.807, 2.05) is 5.32 Å². The first kappa shape index (κ1) is 15.3. The maximum atomic E-state index is 12.3. The highest BCUT2D eigenvalue weighted by molar-refractivity contribution is 6.32. The highest BCUT2D eigenvalue weighted by atomic mass is 35.5. The van der Waals surface area contributed by atoms with Gasteiger partial charge in [0.1, 0.15) is 6.04 Å². The van der Waals surface area contributed by atoms with E-state index < -0.39 is 30.8 Å². The van der Waals surface area contributed by atoms with Gasteiger partial charge in [0.2, 0.25) is 13.2 Å². The lowest BCUT2D eigenvalue weighted by Gasteiger charge is -2.14. The Morgan fingerprint density at radius 3 is 2.71 bits per heavy atom. The summed E-state index contributed by atoms with van der Waals surface area (Å²) >= 11 is 5.88. The van der Waals surface area contributed by atoms with Crippen LogP contribution in [-0.4, -0.2) is 36.2 Å². The number of carbonyl (C=O) groups is 2. The molecule has 1 heterocycles. The summed E-state index contributed by atoms with van der Waals surface area (Å²) < 4.78 is 34.7. The lowest BCUT2D eigenvalue weighted by atomic mass is 10.1. The van der Waals surface area contributed by atoms with Gasteiger partial charge in [-0.3, -0.25) is 4.79 Å². The third kappa shape index (κ3) is 3.52. The molecule has 6 nitrogen and oxygen atoms in total. The van der Waals surface area contributed by atoms with Gasteiger partial charge in [-0.25, -0.2) is 13.6 Å². The van der Waals surface area contributed by atoms with Crippen LogP contribution >= 0.6 is 11.6 Å². The van der Waals surface area contributed by atoms with Crippen LogP contribution in [0.2, 0.25) is 5.02 Å². The number of hydrogen-bond donors (Lipinski definition) is 2. The van der Waals surface area contributed by atoms with Crippen molar-refractivity contribution in [2.45, 2.75) is 18.9 Å². The summed E-state index contributed by atoms with van der Waals surface area (Å²) in [7, 11) is 0. The van der Waals surface area contributed by atoms with Crippen LogP contribution in [0.3, 0.4) is 0 Å². The number of hydrogen-bond acceptors (Lipinski definition) is 4. The molecule has 0 aliphatic carbocycles. The summed E-state index contributed by atoms with van der Waals surface area (Å²) in [5.41, 5.74) is -0.00948. The zero-order valence-electron chi connectivity index (χ0n) is 10.4. The first-order chi connectivity index (χ1) is 9.88. The van der Waals surface area contributed by atoms with Crippen molar-refractivity contribution < 1.29 is 33.0 Å². The van der Waals surface area contributed by atoms with Crippen LogP contribution in [0.25, 0.3) is 0 Å². The van der Waals surface area contributed by atoms with Crippen molar-refractivity contribution >= 4 is 23.5 Å². The third-order valence-corrected chi connectivity index (χ3v) is 2.99. The number of amides is 1. The molecule has 114 valence electrons. The molecule has 9 heteroatoms. The second kappa shape index (κ2) is 6.13. The minimum absolute atomic E-state index is 0.00948. The highest BCUT2D eigenvalue weighted by Gasteiger charge is 2.26. The van der Waals surface area contributed by atoms with Gasteiger partial charge in [-0.15, -0.1) is 0 Å². The van der Waals surface area contributed by atoms with Gasteiger partial charge < -0.3 is 19.9 Å². The third-order valence-electron chi connectivity index (χ3n) is 2.71. The molecule has 1 aromatic carbocycles. The van der Waals surface area contributed by atoms with E-state index in [2.05, 4.69) is 0 Å². The number of carboxylic acids is 1. The maximum Gasteiger partial charge on any atom is 0.326 e. The van der Waals surface area contributed by atoms with E-state index in [1.54, 1.807) is 0 Å². The summed E-state index contributed by atoms with van der Waals surface area (Å²) in [4.78, 5) is 22.8. The topological polar surface area (TPSA) is 84.9 Å². The standard InChI is InChI=1S/C12H10ClF2NO5/c13-6-1-5(2-8-10(6)21-4-20-8)11(17)16-7(12(18)19)3-9(14)15/h1-2,7,9H,3-4H2,(H,16,17)(H,18,19). The number of carbonyl (C=O) groups excluding carboxylic acids is 1. The maximum absolute atomic E-state index is 12.3. The Labute approximate surface area is 122 Å². The van der Waals surface area contributed by atoms with Crippen molar-refractivity contribution in [1.82, 2.24) is 5.32 Å². The normalized spacial score (nSPS) is 14.1. The molecule has 0 saturated heterocycles. The number of aliphatic carboxylic acids is 1. The number of halogens is 3. The first-order valence-electron chi connectivity index (χ1n) is 5.79. The Balaban J connectivity index is 2.16. The number of rotatable bonds is 5. The molecule has 1 aliphatic heterocycles. The molecule has 0 saturated carbocycles. The summed E-state index contributed by atoms with van der Waals surface area (Å²) in [5, 5.41) is 10.9. The highest BCUT2D eigenvalue weighted by Crippen LogP contribution is 2.39. The van der Waals surface area contributed by atoms with Gasteiger partial charge >= 0.3 is 5.97 Å². The molecule has 1 aromatic rings. The van der Waals surface area contributed by atoms with Crippen LogP contribution in [0.4, 0.5) is 8.78 Å². The predicted octanol–water partition coefficient (Wildman–Crippen LogP) is 1.91. The van der Waals surface area contributed by atoms with Crippen molar-refractivity contribution in [3.8, 4) is 11.5 Å². The Morgan fingerprint density at radius 1 is 1.38 bits per heavy atom.